The van der Waals surface area contributed by atoms with Crippen molar-refractivity contribution in [3.8, 4) is 0 Å². The molecule has 1 aromatic heterocycles. The summed E-state index contributed by atoms with van der Waals surface area (Å²) in [6, 6.07) is 7.76. The van der Waals surface area contributed by atoms with Gasteiger partial charge in [-0.25, -0.2) is 9.18 Å². The van der Waals surface area contributed by atoms with Gasteiger partial charge >= 0.3 is 6.09 Å². The molecule has 2 atom stereocenters. The number of amides is 2. The predicted molar refractivity (Wildman–Crippen MR) is 110 cm³/mol. The zero-order chi connectivity index (χ0) is 21.1. The van der Waals surface area contributed by atoms with E-state index in [1.165, 1.54) is 23.3 Å². The van der Waals surface area contributed by atoms with Crippen molar-refractivity contribution < 1.29 is 27.3 Å². The first-order valence-corrected chi connectivity index (χ1v) is 11.2. The molecule has 0 aliphatic carbocycles. The van der Waals surface area contributed by atoms with Crippen molar-refractivity contribution in [2.24, 2.45) is 0 Å². The lowest BCUT2D eigenvalue weighted by atomic mass is 10.2. The summed E-state index contributed by atoms with van der Waals surface area (Å²) in [5, 5.41) is 2.65. The summed E-state index contributed by atoms with van der Waals surface area (Å²) in [5.41, 5.74) is 0.826. The summed E-state index contributed by atoms with van der Waals surface area (Å²) in [5.74, 6) is 0.482. The quantitative estimate of drug-likeness (QED) is 0.774. The van der Waals surface area contributed by atoms with Crippen LogP contribution in [-0.4, -0.2) is 60.0 Å². The molecule has 2 aromatic rings. The molecule has 2 unspecified atom stereocenters. The number of hydrogen-bond acceptors (Lipinski definition) is 6. The summed E-state index contributed by atoms with van der Waals surface area (Å²) >= 11 is 0. The van der Waals surface area contributed by atoms with Crippen LogP contribution in [0, 0.1) is 5.82 Å². The molecule has 2 fully saturated rings. The molecule has 1 aromatic carbocycles. The molecule has 8 nitrogen and oxygen atoms in total. The molecule has 2 saturated heterocycles. The SMILES string of the molecule is O=C(NCC1CN(c2ccc(N3CCCS(=O)CC3)c(F)c2)C(=O)O1)c1ccco1. The lowest BCUT2D eigenvalue weighted by Gasteiger charge is -2.24. The van der Waals surface area contributed by atoms with Gasteiger partial charge < -0.3 is 19.4 Å². The van der Waals surface area contributed by atoms with E-state index in [2.05, 4.69) is 5.32 Å². The maximum Gasteiger partial charge on any atom is 0.414 e. The Hall–Kier alpha value is -2.88. The standard InChI is InChI=1S/C20H22FN3O5S/c21-16-11-14(4-5-17(16)23-6-2-9-30(27)10-7-23)24-13-15(29-20(24)26)12-22-19(25)18-3-1-8-28-18/h1,3-5,8,11,15H,2,6-7,9-10,12-13H2,(H,22,25). The van der Waals surface area contributed by atoms with E-state index < -0.39 is 34.7 Å². The molecule has 2 amide bonds. The first-order valence-electron chi connectivity index (χ1n) is 9.70. The summed E-state index contributed by atoms with van der Waals surface area (Å²) in [6.45, 7) is 1.49. The van der Waals surface area contributed by atoms with Crippen LogP contribution in [0.3, 0.4) is 0 Å². The van der Waals surface area contributed by atoms with Crippen molar-refractivity contribution in [2.75, 3.05) is 47.5 Å². The number of ether oxygens (including phenoxy) is 1. The fraction of sp³-hybridized carbons (Fsp3) is 0.400. The van der Waals surface area contributed by atoms with Gasteiger partial charge in [0.1, 0.15) is 11.9 Å². The van der Waals surface area contributed by atoms with Crippen LogP contribution < -0.4 is 15.1 Å². The Kier molecular flexibility index (Phi) is 6.03. The Balaban J connectivity index is 1.39. The van der Waals surface area contributed by atoms with Gasteiger partial charge in [0.2, 0.25) is 0 Å². The minimum atomic E-state index is -0.859. The van der Waals surface area contributed by atoms with Crippen LogP contribution >= 0.6 is 0 Å². The largest absolute Gasteiger partial charge is 0.459 e. The number of nitrogens with one attached hydrogen (secondary N) is 1. The van der Waals surface area contributed by atoms with Crippen LogP contribution in [0.15, 0.2) is 41.0 Å². The van der Waals surface area contributed by atoms with Crippen LogP contribution in [0.25, 0.3) is 0 Å². The topological polar surface area (TPSA) is 92.1 Å². The van der Waals surface area contributed by atoms with Crippen LogP contribution in [0.1, 0.15) is 17.0 Å². The van der Waals surface area contributed by atoms with E-state index in [0.717, 1.165) is 6.42 Å². The number of carbonyl (C=O) groups excluding carboxylic acids is 2. The second-order valence-corrected chi connectivity index (χ2v) is 8.82. The summed E-state index contributed by atoms with van der Waals surface area (Å²) in [4.78, 5) is 27.4. The molecule has 1 N–H and O–H groups in total. The molecule has 0 spiro atoms. The van der Waals surface area contributed by atoms with E-state index in [0.29, 0.717) is 36.0 Å². The highest BCUT2D eigenvalue weighted by Crippen LogP contribution is 2.28. The monoisotopic (exact) mass is 435 g/mol. The van der Waals surface area contributed by atoms with Crippen molar-refractivity contribution in [1.29, 1.82) is 0 Å². The van der Waals surface area contributed by atoms with Crippen LogP contribution in [0.5, 0.6) is 0 Å². The van der Waals surface area contributed by atoms with Gasteiger partial charge in [0.15, 0.2) is 5.76 Å². The molecule has 3 heterocycles. The first-order chi connectivity index (χ1) is 14.5. The fourth-order valence-corrected chi connectivity index (χ4v) is 4.62. The highest BCUT2D eigenvalue weighted by atomic mass is 32.2. The van der Waals surface area contributed by atoms with Gasteiger partial charge in [-0.3, -0.25) is 13.9 Å². The van der Waals surface area contributed by atoms with Crippen molar-refractivity contribution in [3.05, 3.63) is 48.2 Å². The maximum atomic E-state index is 14.8. The smallest absolute Gasteiger partial charge is 0.414 e. The first kappa shape index (κ1) is 20.4. The number of rotatable bonds is 5. The van der Waals surface area contributed by atoms with Gasteiger partial charge in [-0.1, -0.05) is 0 Å². The van der Waals surface area contributed by atoms with Crippen molar-refractivity contribution in [1.82, 2.24) is 5.32 Å². The van der Waals surface area contributed by atoms with E-state index >= 15 is 0 Å². The van der Waals surface area contributed by atoms with E-state index in [1.807, 2.05) is 4.90 Å². The third kappa shape index (κ3) is 4.48. The number of benzene rings is 1. The average molecular weight is 435 g/mol. The zero-order valence-electron chi connectivity index (χ0n) is 16.2. The summed E-state index contributed by atoms with van der Waals surface area (Å²) < 4.78 is 36.8. The number of halogens is 1. The second-order valence-electron chi connectivity index (χ2n) is 7.13. The normalized spacial score (nSPS) is 22.0. The summed E-state index contributed by atoms with van der Waals surface area (Å²) in [6.07, 6.45) is 0.997. The van der Waals surface area contributed by atoms with Crippen molar-refractivity contribution in [2.45, 2.75) is 12.5 Å². The molecule has 2 aliphatic heterocycles. The summed E-state index contributed by atoms with van der Waals surface area (Å²) in [7, 11) is -0.859. The van der Waals surface area contributed by atoms with Gasteiger partial charge in [0, 0.05) is 35.4 Å². The maximum absolute atomic E-state index is 14.8. The third-order valence-corrected chi connectivity index (χ3v) is 6.46. The Morgan fingerprint density at radius 2 is 2.13 bits per heavy atom. The minimum Gasteiger partial charge on any atom is -0.459 e. The number of cyclic esters (lactones) is 1. The zero-order valence-corrected chi connectivity index (χ0v) is 17.0. The van der Waals surface area contributed by atoms with Crippen molar-refractivity contribution in [3.63, 3.8) is 0 Å². The number of anilines is 2. The Bertz CT molecular complexity index is 952. The van der Waals surface area contributed by atoms with E-state index in [4.69, 9.17) is 9.15 Å². The Labute approximate surface area is 175 Å². The van der Waals surface area contributed by atoms with E-state index in [1.54, 1.807) is 18.2 Å². The second kappa shape index (κ2) is 8.86. The molecular weight excluding hydrogens is 413 g/mol. The lowest BCUT2D eigenvalue weighted by molar-refractivity contribution is 0.0889. The molecule has 30 heavy (non-hydrogen) atoms. The highest BCUT2D eigenvalue weighted by Gasteiger charge is 2.33. The van der Waals surface area contributed by atoms with Gasteiger partial charge in [-0.05, 0) is 36.8 Å². The lowest BCUT2D eigenvalue weighted by Crippen LogP contribution is -2.34. The number of furan rings is 1. The number of carbonyl (C=O) groups is 2. The Morgan fingerprint density at radius 1 is 1.27 bits per heavy atom. The fourth-order valence-electron chi connectivity index (χ4n) is 3.54. The molecule has 10 heteroatoms. The number of hydrogen-bond donors (Lipinski definition) is 1. The average Bonchev–Trinajstić information content (AvgIpc) is 3.34. The van der Waals surface area contributed by atoms with Gasteiger partial charge in [-0.2, -0.15) is 0 Å². The van der Waals surface area contributed by atoms with Gasteiger partial charge in [0.25, 0.3) is 5.91 Å². The third-order valence-electron chi connectivity index (χ3n) is 5.08. The highest BCUT2D eigenvalue weighted by molar-refractivity contribution is 7.85. The number of nitrogens with zero attached hydrogens (tertiary/aromatic N) is 2. The molecule has 4 rings (SSSR count). The Morgan fingerprint density at radius 3 is 2.90 bits per heavy atom. The molecule has 160 valence electrons. The molecule has 0 radical (unpaired) electrons. The molecule has 0 bridgehead atoms. The molecule has 0 saturated carbocycles. The molecular formula is C20H22FN3O5S. The molecule has 2 aliphatic rings. The van der Waals surface area contributed by atoms with E-state index in [-0.39, 0.29) is 18.8 Å². The van der Waals surface area contributed by atoms with Crippen LogP contribution in [-0.2, 0) is 15.5 Å². The van der Waals surface area contributed by atoms with Gasteiger partial charge in [0.05, 0.1) is 30.7 Å². The minimum absolute atomic E-state index is 0.118. The predicted octanol–water partition coefficient (Wildman–Crippen LogP) is 2.13. The van der Waals surface area contributed by atoms with Crippen LogP contribution in [0.2, 0.25) is 0 Å². The van der Waals surface area contributed by atoms with Crippen molar-refractivity contribution >= 4 is 34.2 Å². The van der Waals surface area contributed by atoms with Gasteiger partial charge in [-0.15, -0.1) is 0 Å². The van der Waals surface area contributed by atoms with E-state index in [9.17, 15) is 18.2 Å². The van der Waals surface area contributed by atoms with Crippen LogP contribution in [0.4, 0.5) is 20.6 Å².